The highest BCUT2D eigenvalue weighted by atomic mass is 16.5. The average Bonchev–Trinajstić information content (AvgIpc) is 2.39. The molecule has 0 radical (unpaired) electrons. The largest absolute Gasteiger partial charge is 0.465 e. The third-order valence-corrected chi connectivity index (χ3v) is 3.06. The maximum atomic E-state index is 11.3. The summed E-state index contributed by atoms with van der Waals surface area (Å²) in [5, 5.41) is 3.34. The van der Waals surface area contributed by atoms with Crippen molar-refractivity contribution in [2.24, 2.45) is 0 Å². The van der Waals surface area contributed by atoms with Gasteiger partial charge in [-0.05, 0) is 19.2 Å². The second kappa shape index (κ2) is 5.25. The van der Waals surface area contributed by atoms with Crippen molar-refractivity contribution in [2.75, 3.05) is 33.8 Å². The monoisotopic (exact) mass is 235 g/mol. The van der Waals surface area contributed by atoms with Crippen molar-refractivity contribution in [3.8, 4) is 0 Å². The summed E-state index contributed by atoms with van der Waals surface area (Å²) >= 11 is 0. The minimum Gasteiger partial charge on any atom is -0.465 e. The number of ether oxygens (including phenoxy) is 1. The zero-order valence-electron chi connectivity index (χ0n) is 10.1. The zero-order chi connectivity index (χ0) is 12.3. The Kier molecular flexibility index (Phi) is 3.71. The minimum atomic E-state index is -0.348. The lowest BCUT2D eigenvalue weighted by atomic mass is 10.1. The molecule has 0 spiro atoms. The summed E-state index contributed by atoms with van der Waals surface area (Å²) in [7, 11) is 3.45. The SMILES string of the molecule is COC(=O)c1ccc(C2CNCCN2C)nc1. The lowest BCUT2D eigenvalue weighted by Crippen LogP contribution is -2.44. The van der Waals surface area contributed by atoms with E-state index in [2.05, 4.69) is 27.0 Å². The van der Waals surface area contributed by atoms with Crippen LogP contribution in [0, 0.1) is 0 Å². The first-order valence-corrected chi connectivity index (χ1v) is 5.67. The van der Waals surface area contributed by atoms with Gasteiger partial charge >= 0.3 is 5.97 Å². The molecule has 1 aliphatic rings. The molecule has 17 heavy (non-hydrogen) atoms. The molecule has 0 bridgehead atoms. The maximum Gasteiger partial charge on any atom is 0.339 e. The van der Waals surface area contributed by atoms with E-state index in [4.69, 9.17) is 0 Å². The number of carbonyl (C=O) groups excluding carboxylic acids is 1. The number of rotatable bonds is 2. The highest BCUT2D eigenvalue weighted by Gasteiger charge is 2.21. The Labute approximate surface area is 101 Å². The van der Waals surface area contributed by atoms with E-state index < -0.39 is 0 Å². The third kappa shape index (κ3) is 2.62. The number of nitrogens with zero attached hydrogens (tertiary/aromatic N) is 2. The van der Waals surface area contributed by atoms with Gasteiger partial charge in [0, 0.05) is 25.8 Å². The molecule has 1 aliphatic heterocycles. The molecule has 1 aromatic heterocycles. The number of piperazine rings is 1. The second-order valence-corrected chi connectivity index (χ2v) is 4.16. The van der Waals surface area contributed by atoms with Gasteiger partial charge in [-0.1, -0.05) is 0 Å². The van der Waals surface area contributed by atoms with Crippen molar-refractivity contribution in [3.63, 3.8) is 0 Å². The van der Waals surface area contributed by atoms with Crippen LogP contribution in [0.3, 0.4) is 0 Å². The van der Waals surface area contributed by atoms with Gasteiger partial charge in [0.2, 0.25) is 0 Å². The number of pyridine rings is 1. The summed E-state index contributed by atoms with van der Waals surface area (Å²) in [6.07, 6.45) is 1.57. The van der Waals surface area contributed by atoms with Crippen molar-refractivity contribution in [3.05, 3.63) is 29.6 Å². The van der Waals surface area contributed by atoms with Crippen LogP contribution in [-0.4, -0.2) is 49.6 Å². The van der Waals surface area contributed by atoms with Crippen molar-refractivity contribution in [2.45, 2.75) is 6.04 Å². The molecule has 2 heterocycles. The average molecular weight is 235 g/mol. The number of likely N-dealkylation sites (N-methyl/N-ethyl adjacent to an activating group) is 1. The van der Waals surface area contributed by atoms with Gasteiger partial charge in [0.15, 0.2) is 0 Å². The van der Waals surface area contributed by atoms with Gasteiger partial charge in [0.1, 0.15) is 0 Å². The molecule has 1 unspecified atom stereocenters. The third-order valence-electron chi connectivity index (χ3n) is 3.06. The smallest absolute Gasteiger partial charge is 0.339 e. The van der Waals surface area contributed by atoms with Gasteiger partial charge < -0.3 is 10.1 Å². The summed E-state index contributed by atoms with van der Waals surface area (Å²) in [5.41, 5.74) is 1.47. The molecule has 0 amide bonds. The molecule has 1 saturated heterocycles. The summed E-state index contributed by atoms with van der Waals surface area (Å²) in [4.78, 5) is 17.9. The summed E-state index contributed by atoms with van der Waals surface area (Å²) in [6, 6.07) is 3.92. The first-order valence-electron chi connectivity index (χ1n) is 5.67. The Morgan fingerprint density at radius 1 is 1.59 bits per heavy atom. The summed E-state index contributed by atoms with van der Waals surface area (Å²) < 4.78 is 4.64. The molecule has 0 aromatic carbocycles. The van der Waals surface area contributed by atoms with Crippen molar-refractivity contribution >= 4 is 5.97 Å². The van der Waals surface area contributed by atoms with Crippen molar-refractivity contribution in [1.82, 2.24) is 15.2 Å². The van der Waals surface area contributed by atoms with Gasteiger partial charge in [-0.25, -0.2) is 4.79 Å². The summed E-state index contributed by atoms with van der Waals surface area (Å²) in [5.74, 6) is -0.348. The number of esters is 1. The highest BCUT2D eigenvalue weighted by Crippen LogP contribution is 2.18. The summed E-state index contributed by atoms with van der Waals surface area (Å²) in [6.45, 7) is 2.90. The van der Waals surface area contributed by atoms with Gasteiger partial charge in [-0.2, -0.15) is 0 Å². The molecular weight excluding hydrogens is 218 g/mol. The topological polar surface area (TPSA) is 54.5 Å². The number of methoxy groups -OCH3 is 1. The second-order valence-electron chi connectivity index (χ2n) is 4.16. The number of hydrogen-bond donors (Lipinski definition) is 1. The molecule has 5 nitrogen and oxygen atoms in total. The Balaban J connectivity index is 2.14. The zero-order valence-corrected chi connectivity index (χ0v) is 10.1. The number of hydrogen-bond acceptors (Lipinski definition) is 5. The van der Waals surface area contributed by atoms with E-state index >= 15 is 0 Å². The Morgan fingerprint density at radius 3 is 3.00 bits per heavy atom. The van der Waals surface area contributed by atoms with E-state index in [1.54, 1.807) is 12.3 Å². The lowest BCUT2D eigenvalue weighted by Gasteiger charge is -2.32. The van der Waals surface area contributed by atoms with Crippen LogP contribution in [0.2, 0.25) is 0 Å². The van der Waals surface area contributed by atoms with E-state index in [0.29, 0.717) is 5.56 Å². The first-order chi connectivity index (χ1) is 8.22. The van der Waals surface area contributed by atoms with Gasteiger partial charge in [0.05, 0.1) is 24.4 Å². The molecule has 1 aromatic rings. The van der Waals surface area contributed by atoms with E-state index in [-0.39, 0.29) is 12.0 Å². The van der Waals surface area contributed by atoms with E-state index in [1.807, 2.05) is 6.07 Å². The minimum absolute atomic E-state index is 0.274. The van der Waals surface area contributed by atoms with Gasteiger partial charge in [0.25, 0.3) is 0 Å². The van der Waals surface area contributed by atoms with Crippen LogP contribution in [0.4, 0.5) is 0 Å². The maximum absolute atomic E-state index is 11.3. The molecule has 2 rings (SSSR count). The Bertz CT molecular complexity index is 391. The van der Waals surface area contributed by atoms with Crippen molar-refractivity contribution < 1.29 is 9.53 Å². The first kappa shape index (κ1) is 12.0. The molecule has 1 atom stereocenters. The van der Waals surface area contributed by atoms with Crippen LogP contribution < -0.4 is 5.32 Å². The predicted molar refractivity (Wildman–Crippen MR) is 63.8 cm³/mol. The molecule has 92 valence electrons. The van der Waals surface area contributed by atoms with Crippen molar-refractivity contribution in [1.29, 1.82) is 0 Å². The molecule has 0 saturated carbocycles. The fourth-order valence-corrected chi connectivity index (χ4v) is 1.98. The van der Waals surface area contributed by atoms with Crippen LogP contribution in [0.25, 0.3) is 0 Å². The molecule has 5 heteroatoms. The normalized spacial score (nSPS) is 21.2. The van der Waals surface area contributed by atoms with Crippen LogP contribution in [0.5, 0.6) is 0 Å². The van der Waals surface area contributed by atoms with Crippen LogP contribution in [0.1, 0.15) is 22.1 Å². The van der Waals surface area contributed by atoms with Crippen LogP contribution in [0.15, 0.2) is 18.3 Å². The van der Waals surface area contributed by atoms with Crippen LogP contribution >= 0.6 is 0 Å². The van der Waals surface area contributed by atoms with Crippen LogP contribution in [-0.2, 0) is 4.74 Å². The number of carbonyl (C=O) groups is 1. The molecule has 0 aliphatic carbocycles. The van der Waals surface area contributed by atoms with E-state index in [0.717, 1.165) is 25.3 Å². The highest BCUT2D eigenvalue weighted by molar-refractivity contribution is 5.88. The number of aromatic nitrogens is 1. The fraction of sp³-hybridized carbons (Fsp3) is 0.500. The molecular formula is C12H17N3O2. The number of nitrogens with one attached hydrogen (secondary N) is 1. The van der Waals surface area contributed by atoms with Gasteiger partial charge in [-0.3, -0.25) is 9.88 Å². The molecule has 1 N–H and O–H groups in total. The quantitative estimate of drug-likeness (QED) is 0.754. The molecule has 1 fully saturated rings. The fourth-order valence-electron chi connectivity index (χ4n) is 1.98. The van der Waals surface area contributed by atoms with E-state index in [1.165, 1.54) is 7.11 Å². The lowest BCUT2D eigenvalue weighted by molar-refractivity contribution is 0.0600. The Morgan fingerprint density at radius 2 is 2.41 bits per heavy atom. The van der Waals surface area contributed by atoms with Gasteiger partial charge in [-0.15, -0.1) is 0 Å². The standard InChI is InChI=1S/C12H17N3O2/c1-15-6-5-13-8-11(15)10-4-3-9(7-14-10)12(16)17-2/h3-4,7,11,13H,5-6,8H2,1-2H3. The Hall–Kier alpha value is -1.46. The van der Waals surface area contributed by atoms with E-state index in [9.17, 15) is 4.79 Å². The predicted octanol–water partition coefficient (Wildman–Crippen LogP) is 0.444.